The molecule has 0 spiro atoms. The highest BCUT2D eigenvalue weighted by Crippen LogP contribution is 2.24. The maximum atomic E-state index is 14.3. The summed E-state index contributed by atoms with van der Waals surface area (Å²) in [7, 11) is 0. The maximum absolute atomic E-state index is 14.3. The number of pyridine rings is 1. The average Bonchev–Trinajstić information content (AvgIpc) is 3.54. The molecular formula is C22H23FN6O2. The lowest BCUT2D eigenvalue weighted by Gasteiger charge is -2.23. The molecule has 2 atom stereocenters. The first kappa shape index (κ1) is 19.6. The molecule has 0 saturated carbocycles. The van der Waals surface area contributed by atoms with E-state index in [4.69, 9.17) is 0 Å². The van der Waals surface area contributed by atoms with E-state index in [9.17, 15) is 14.0 Å². The fraction of sp³-hybridized carbons (Fsp3) is 0.409. The highest BCUT2D eigenvalue weighted by Gasteiger charge is 2.37. The first-order valence-corrected chi connectivity index (χ1v) is 10.6. The van der Waals surface area contributed by atoms with Crippen LogP contribution in [0.15, 0.2) is 42.6 Å². The zero-order valence-electron chi connectivity index (χ0n) is 17.0. The molecule has 8 nitrogen and oxygen atoms in total. The predicted octanol–water partition coefficient (Wildman–Crippen LogP) is 2.32. The standard InChI is InChI=1S/C22H23FN6O2/c23-16-11-17(13-28-14-20(25-26-28)21(30)27-9-3-4-10-27)29(12-16)22(31)19-8-7-15-5-1-2-6-18(15)24-19/h1-2,5-8,14,16-17H,3-4,9-13H2/t16-,17-/m0/s1. The molecule has 0 N–H and O–H groups in total. The zero-order chi connectivity index (χ0) is 21.4. The lowest BCUT2D eigenvalue weighted by atomic mass is 10.2. The van der Waals surface area contributed by atoms with Gasteiger partial charge in [-0.25, -0.2) is 14.1 Å². The van der Waals surface area contributed by atoms with Gasteiger partial charge >= 0.3 is 0 Å². The molecule has 5 rings (SSSR count). The fourth-order valence-electron chi connectivity index (χ4n) is 4.40. The van der Waals surface area contributed by atoms with Gasteiger partial charge in [0.15, 0.2) is 5.69 Å². The van der Waals surface area contributed by atoms with E-state index in [1.54, 1.807) is 17.2 Å². The monoisotopic (exact) mass is 422 g/mol. The zero-order valence-corrected chi connectivity index (χ0v) is 17.0. The summed E-state index contributed by atoms with van der Waals surface area (Å²) < 4.78 is 15.8. The van der Waals surface area contributed by atoms with Crippen LogP contribution in [0.3, 0.4) is 0 Å². The molecule has 2 saturated heterocycles. The second-order valence-corrected chi connectivity index (χ2v) is 8.16. The number of halogens is 1. The lowest BCUT2D eigenvalue weighted by molar-refractivity contribution is 0.0708. The van der Waals surface area contributed by atoms with E-state index >= 15 is 0 Å². The SMILES string of the molecule is O=C(c1cn(C[C@@H]2C[C@H](F)CN2C(=O)c2ccc3ccccc3n2)nn1)N1CCCC1. The van der Waals surface area contributed by atoms with Crippen LogP contribution in [-0.2, 0) is 6.54 Å². The smallest absolute Gasteiger partial charge is 0.276 e. The van der Waals surface area contributed by atoms with Crippen molar-refractivity contribution in [2.45, 2.75) is 38.0 Å². The number of carbonyl (C=O) groups is 2. The van der Waals surface area contributed by atoms with Crippen molar-refractivity contribution in [2.24, 2.45) is 0 Å². The van der Waals surface area contributed by atoms with Crippen LogP contribution in [0, 0.1) is 0 Å². The summed E-state index contributed by atoms with van der Waals surface area (Å²) in [6, 6.07) is 10.7. The molecule has 4 heterocycles. The average molecular weight is 422 g/mol. The van der Waals surface area contributed by atoms with Gasteiger partial charge in [-0.3, -0.25) is 9.59 Å². The van der Waals surface area contributed by atoms with E-state index in [1.165, 1.54) is 9.58 Å². The van der Waals surface area contributed by atoms with Crippen LogP contribution in [0.25, 0.3) is 10.9 Å². The largest absolute Gasteiger partial charge is 0.337 e. The number of amides is 2. The van der Waals surface area contributed by atoms with Crippen molar-refractivity contribution in [1.29, 1.82) is 0 Å². The molecule has 0 unspecified atom stereocenters. The molecule has 9 heteroatoms. The molecule has 2 aromatic heterocycles. The number of likely N-dealkylation sites (tertiary alicyclic amines) is 2. The lowest BCUT2D eigenvalue weighted by Crippen LogP contribution is -2.38. The Morgan fingerprint density at radius 3 is 2.68 bits per heavy atom. The van der Waals surface area contributed by atoms with Gasteiger partial charge in [-0.2, -0.15) is 0 Å². The molecule has 0 aliphatic carbocycles. The minimum Gasteiger partial charge on any atom is -0.337 e. The molecule has 31 heavy (non-hydrogen) atoms. The Balaban J connectivity index is 1.32. The summed E-state index contributed by atoms with van der Waals surface area (Å²) in [6.45, 7) is 1.77. The fourth-order valence-corrected chi connectivity index (χ4v) is 4.40. The van der Waals surface area contributed by atoms with Crippen LogP contribution in [0.4, 0.5) is 4.39 Å². The van der Waals surface area contributed by atoms with Crippen LogP contribution < -0.4 is 0 Å². The molecule has 2 fully saturated rings. The number of benzene rings is 1. The third-order valence-corrected chi connectivity index (χ3v) is 5.99. The van der Waals surface area contributed by atoms with E-state index in [2.05, 4.69) is 15.3 Å². The number of hydrogen-bond acceptors (Lipinski definition) is 5. The summed E-state index contributed by atoms with van der Waals surface area (Å²) in [5.41, 5.74) is 1.30. The van der Waals surface area contributed by atoms with E-state index < -0.39 is 6.17 Å². The number of alkyl halides is 1. The van der Waals surface area contributed by atoms with Gasteiger partial charge in [-0.1, -0.05) is 29.5 Å². The Morgan fingerprint density at radius 1 is 1.03 bits per heavy atom. The summed E-state index contributed by atoms with van der Waals surface area (Å²) >= 11 is 0. The van der Waals surface area contributed by atoms with Crippen molar-refractivity contribution in [3.63, 3.8) is 0 Å². The molecule has 3 aromatic rings. The normalized spacial score (nSPS) is 21.2. The van der Waals surface area contributed by atoms with Crippen molar-refractivity contribution >= 4 is 22.7 Å². The Hall–Kier alpha value is -3.36. The Labute approximate surface area is 178 Å². The van der Waals surface area contributed by atoms with Gasteiger partial charge < -0.3 is 9.80 Å². The molecular weight excluding hydrogens is 399 g/mol. The Kier molecular flexibility index (Phi) is 5.09. The number of rotatable bonds is 4. The summed E-state index contributed by atoms with van der Waals surface area (Å²) in [5.74, 6) is -0.434. The van der Waals surface area contributed by atoms with Crippen molar-refractivity contribution in [3.05, 3.63) is 54.0 Å². The number of fused-ring (bicyclic) bond motifs is 1. The summed E-state index contributed by atoms with van der Waals surface area (Å²) in [4.78, 5) is 33.4. The molecule has 2 aliphatic heterocycles. The minimum absolute atomic E-state index is 0.0201. The molecule has 2 aliphatic rings. The van der Waals surface area contributed by atoms with Crippen molar-refractivity contribution in [1.82, 2.24) is 29.8 Å². The summed E-state index contributed by atoms with van der Waals surface area (Å²) in [6.07, 6.45) is 2.69. The van der Waals surface area contributed by atoms with Crippen molar-refractivity contribution < 1.29 is 14.0 Å². The van der Waals surface area contributed by atoms with Gasteiger partial charge in [0.25, 0.3) is 11.8 Å². The van der Waals surface area contributed by atoms with E-state index in [-0.39, 0.29) is 43.1 Å². The van der Waals surface area contributed by atoms with Crippen LogP contribution in [0.1, 0.15) is 40.2 Å². The molecule has 0 bridgehead atoms. The van der Waals surface area contributed by atoms with Gasteiger partial charge in [0.2, 0.25) is 0 Å². The Morgan fingerprint density at radius 2 is 1.84 bits per heavy atom. The van der Waals surface area contributed by atoms with Crippen LogP contribution in [0.5, 0.6) is 0 Å². The van der Waals surface area contributed by atoms with Gasteiger partial charge in [-0.05, 0) is 25.0 Å². The third-order valence-electron chi connectivity index (χ3n) is 5.99. The highest BCUT2D eigenvalue weighted by molar-refractivity contribution is 5.95. The van der Waals surface area contributed by atoms with Crippen molar-refractivity contribution in [2.75, 3.05) is 19.6 Å². The van der Waals surface area contributed by atoms with Crippen molar-refractivity contribution in [3.8, 4) is 0 Å². The number of para-hydroxylation sites is 1. The predicted molar refractivity (Wildman–Crippen MR) is 111 cm³/mol. The topological polar surface area (TPSA) is 84.2 Å². The van der Waals surface area contributed by atoms with E-state index in [0.29, 0.717) is 5.69 Å². The van der Waals surface area contributed by atoms with Gasteiger partial charge in [0.1, 0.15) is 11.9 Å². The number of nitrogens with zero attached hydrogens (tertiary/aromatic N) is 6. The van der Waals surface area contributed by atoms with E-state index in [0.717, 1.165) is 36.8 Å². The molecule has 160 valence electrons. The molecule has 0 radical (unpaired) electrons. The van der Waals surface area contributed by atoms with Gasteiger partial charge in [0, 0.05) is 24.9 Å². The third kappa shape index (κ3) is 3.87. The van der Waals surface area contributed by atoms with Gasteiger partial charge in [-0.15, -0.1) is 5.10 Å². The first-order valence-electron chi connectivity index (χ1n) is 10.6. The quantitative estimate of drug-likeness (QED) is 0.644. The Bertz CT molecular complexity index is 1130. The van der Waals surface area contributed by atoms with Crippen LogP contribution in [-0.4, -0.2) is 73.4 Å². The highest BCUT2D eigenvalue weighted by atomic mass is 19.1. The van der Waals surface area contributed by atoms with Crippen LogP contribution in [0.2, 0.25) is 0 Å². The second kappa shape index (κ2) is 8.05. The van der Waals surface area contributed by atoms with E-state index in [1.807, 2.05) is 30.3 Å². The molecule has 2 amide bonds. The summed E-state index contributed by atoms with van der Waals surface area (Å²) in [5, 5.41) is 8.99. The number of carbonyl (C=O) groups excluding carboxylic acids is 2. The minimum atomic E-state index is -1.11. The van der Waals surface area contributed by atoms with Crippen LogP contribution >= 0.6 is 0 Å². The number of hydrogen-bond donors (Lipinski definition) is 0. The maximum Gasteiger partial charge on any atom is 0.276 e. The molecule has 1 aromatic carbocycles. The first-order chi connectivity index (χ1) is 15.1. The second-order valence-electron chi connectivity index (χ2n) is 8.16. The number of aromatic nitrogens is 4. The van der Waals surface area contributed by atoms with Gasteiger partial charge in [0.05, 0.1) is 30.8 Å².